The molecule has 31 heavy (non-hydrogen) atoms. The average Bonchev–Trinajstić information content (AvgIpc) is 3.18. The molecule has 2 heterocycles. The summed E-state index contributed by atoms with van der Waals surface area (Å²) in [5.41, 5.74) is 1.50. The molecule has 2 bridgehead atoms. The van der Waals surface area contributed by atoms with Crippen molar-refractivity contribution >= 4 is 39.2 Å². The minimum atomic E-state index is -0.637. The predicted molar refractivity (Wildman–Crippen MR) is 119 cm³/mol. The zero-order chi connectivity index (χ0) is 21.1. The number of nitrogens with one attached hydrogen (secondary N) is 2. The van der Waals surface area contributed by atoms with E-state index >= 15 is 0 Å². The van der Waals surface area contributed by atoms with E-state index in [4.69, 9.17) is 16.6 Å². The smallest absolute Gasteiger partial charge is 0.164 e. The van der Waals surface area contributed by atoms with Crippen LogP contribution in [0.2, 0.25) is 5.02 Å². The SMILES string of the molecule is Fc1cc(F)c2[nH]cc(-c3nc(NC4CC5CCC4CC5)c4ccc(Cl)cc4n3)c2c1. The number of hydrogen-bond acceptors (Lipinski definition) is 3. The first kappa shape index (κ1) is 19.0. The molecular weight excluding hydrogens is 418 g/mol. The molecule has 4 nitrogen and oxygen atoms in total. The van der Waals surface area contributed by atoms with Gasteiger partial charge in [0.05, 0.1) is 11.0 Å². The number of hydrogen-bond donors (Lipinski definition) is 2. The molecule has 7 rings (SSSR count). The number of anilines is 1. The summed E-state index contributed by atoms with van der Waals surface area (Å²) in [6, 6.07) is 8.13. The molecule has 4 aromatic rings. The molecule has 2 aromatic carbocycles. The lowest BCUT2D eigenvalue weighted by Gasteiger charge is -2.43. The highest BCUT2D eigenvalue weighted by molar-refractivity contribution is 6.31. The van der Waals surface area contributed by atoms with Gasteiger partial charge in [0.1, 0.15) is 17.5 Å². The summed E-state index contributed by atoms with van der Waals surface area (Å²) in [5.74, 6) is 1.33. The van der Waals surface area contributed by atoms with Crippen LogP contribution in [-0.4, -0.2) is 21.0 Å². The lowest BCUT2D eigenvalue weighted by atomic mass is 9.68. The molecular formula is C24H21ClF2N4. The van der Waals surface area contributed by atoms with Crippen LogP contribution in [0.1, 0.15) is 32.1 Å². The normalized spacial score (nSPS) is 23.0. The molecule has 3 aliphatic rings. The molecule has 3 aliphatic carbocycles. The Kier molecular flexibility index (Phi) is 4.39. The molecule has 3 saturated carbocycles. The molecule has 0 spiro atoms. The largest absolute Gasteiger partial charge is 0.366 e. The van der Waals surface area contributed by atoms with Gasteiger partial charge in [-0.25, -0.2) is 18.7 Å². The molecule has 2 N–H and O–H groups in total. The van der Waals surface area contributed by atoms with E-state index in [1.807, 2.05) is 12.1 Å². The van der Waals surface area contributed by atoms with Gasteiger partial charge in [-0.3, -0.25) is 0 Å². The maximum absolute atomic E-state index is 14.2. The van der Waals surface area contributed by atoms with Crippen molar-refractivity contribution in [3.05, 3.63) is 53.2 Å². The summed E-state index contributed by atoms with van der Waals surface area (Å²) in [6.45, 7) is 0. The Balaban J connectivity index is 1.50. The van der Waals surface area contributed by atoms with E-state index in [0.717, 1.165) is 29.6 Å². The van der Waals surface area contributed by atoms with Crippen LogP contribution in [0.25, 0.3) is 33.2 Å². The van der Waals surface area contributed by atoms with Crippen LogP contribution >= 0.6 is 11.6 Å². The molecule has 1 unspecified atom stereocenters. The first-order valence-corrected chi connectivity index (χ1v) is 11.1. The molecule has 3 fully saturated rings. The third kappa shape index (κ3) is 3.24. The summed E-state index contributed by atoms with van der Waals surface area (Å²) in [6.07, 6.45) is 7.94. The Labute approximate surface area is 183 Å². The zero-order valence-electron chi connectivity index (χ0n) is 16.8. The van der Waals surface area contributed by atoms with E-state index in [9.17, 15) is 8.78 Å². The van der Waals surface area contributed by atoms with Crippen LogP contribution in [0, 0.1) is 23.5 Å². The van der Waals surface area contributed by atoms with Crippen LogP contribution in [0.5, 0.6) is 0 Å². The summed E-state index contributed by atoms with van der Waals surface area (Å²) in [7, 11) is 0. The molecule has 1 atom stereocenters. The van der Waals surface area contributed by atoms with Gasteiger partial charge in [-0.05, 0) is 55.4 Å². The van der Waals surface area contributed by atoms with Crippen molar-refractivity contribution in [3.63, 3.8) is 0 Å². The van der Waals surface area contributed by atoms with Gasteiger partial charge in [0.25, 0.3) is 0 Å². The van der Waals surface area contributed by atoms with Gasteiger partial charge in [-0.15, -0.1) is 0 Å². The third-order valence-corrected chi connectivity index (χ3v) is 7.21. The number of rotatable bonds is 3. The number of benzene rings is 2. The number of nitrogens with zero attached hydrogens (tertiary/aromatic N) is 2. The number of fused-ring (bicyclic) bond motifs is 5. The fraction of sp³-hybridized carbons (Fsp3) is 0.333. The van der Waals surface area contributed by atoms with E-state index in [1.165, 1.54) is 31.7 Å². The second kappa shape index (κ2) is 7.16. The summed E-state index contributed by atoms with van der Waals surface area (Å²) in [4.78, 5) is 12.4. The fourth-order valence-corrected chi connectivity index (χ4v) is 5.57. The highest BCUT2D eigenvalue weighted by Gasteiger charge is 2.36. The van der Waals surface area contributed by atoms with Crippen molar-refractivity contribution < 1.29 is 8.78 Å². The van der Waals surface area contributed by atoms with Crippen molar-refractivity contribution in [2.75, 3.05) is 5.32 Å². The van der Waals surface area contributed by atoms with E-state index in [0.29, 0.717) is 39.3 Å². The third-order valence-electron chi connectivity index (χ3n) is 6.98. The number of H-pyrrole nitrogens is 1. The number of aromatic nitrogens is 3. The first-order chi connectivity index (χ1) is 15.0. The van der Waals surface area contributed by atoms with Crippen LogP contribution < -0.4 is 5.32 Å². The molecule has 0 amide bonds. The van der Waals surface area contributed by atoms with Gasteiger partial charge >= 0.3 is 0 Å². The minimum Gasteiger partial charge on any atom is -0.366 e. The monoisotopic (exact) mass is 438 g/mol. The quantitative estimate of drug-likeness (QED) is 0.374. The molecule has 2 aromatic heterocycles. The van der Waals surface area contributed by atoms with E-state index in [-0.39, 0.29) is 5.52 Å². The molecule has 158 valence electrons. The predicted octanol–water partition coefficient (Wildman–Crippen LogP) is 6.70. The fourth-order valence-electron chi connectivity index (χ4n) is 5.40. The van der Waals surface area contributed by atoms with Crippen LogP contribution in [0.3, 0.4) is 0 Å². The highest BCUT2D eigenvalue weighted by Crippen LogP contribution is 2.43. The van der Waals surface area contributed by atoms with Crippen molar-refractivity contribution in [1.82, 2.24) is 15.0 Å². The summed E-state index contributed by atoms with van der Waals surface area (Å²) < 4.78 is 28.1. The number of halogens is 3. The topological polar surface area (TPSA) is 53.6 Å². The first-order valence-electron chi connectivity index (χ1n) is 10.8. The minimum absolute atomic E-state index is 0.241. The Hall–Kier alpha value is -2.73. The Morgan fingerprint density at radius 3 is 2.61 bits per heavy atom. The Morgan fingerprint density at radius 1 is 1.00 bits per heavy atom. The van der Waals surface area contributed by atoms with Gasteiger partial charge in [0, 0.05) is 39.7 Å². The lowest BCUT2D eigenvalue weighted by Crippen LogP contribution is -2.40. The van der Waals surface area contributed by atoms with Gasteiger partial charge < -0.3 is 10.3 Å². The Morgan fingerprint density at radius 2 is 1.84 bits per heavy atom. The second-order valence-electron chi connectivity index (χ2n) is 8.84. The Bertz CT molecular complexity index is 1310. The van der Waals surface area contributed by atoms with E-state index < -0.39 is 11.6 Å². The highest BCUT2D eigenvalue weighted by atomic mass is 35.5. The molecule has 0 radical (unpaired) electrons. The van der Waals surface area contributed by atoms with E-state index in [1.54, 1.807) is 12.3 Å². The maximum Gasteiger partial charge on any atom is 0.164 e. The molecule has 0 saturated heterocycles. The second-order valence-corrected chi connectivity index (χ2v) is 9.27. The van der Waals surface area contributed by atoms with Crippen molar-refractivity contribution in [2.45, 2.75) is 38.1 Å². The number of aromatic amines is 1. The van der Waals surface area contributed by atoms with Crippen LogP contribution in [0.4, 0.5) is 14.6 Å². The molecule has 7 heteroatoms. The van der Waals surface area contributed by atoms with Crippen molar-refractivity contribution in [2.24, 2.45) is 11.8 Å². The van der Waals surface area contributed by atoms with Gasteiger partial charge in [-0.2, -0.15) is 0 Å². The van der Waals surface area contributed by atoms with Crippen molar-refractivity contribution in [3.8, 4) is 11.4 Å². The maximum atomic E-state index is 14.2. The van der Waals surface area contributed by atoms with Gasteiger partial charge in [0.2, 0.25) is 0 Å². The standard InChI is InChI=1S/C24H21ClF2N4/c25-14-5-6-16-21(8-14)30-24(18-11-28-22-17(18)9-15(26)10-19(22)27)31-23(16)29-20-7-12-1-3-13(20)4-2-12/h5-6,8-13,20,28H,1-4,7H2,(H,29,30,31). The summed E-state index contributed by atoms with van der Waals surface area (Å²) >= 11 is 6.24. The van der Waals surface area contributed by atoms with E-state index in [2.05, 4.69) is 15.3 Å². The summed E-state index contributed by atoms with van der Waals surface area (Å²) in [5, 5.41) is 5.59. The zero-order valence-corrected chi connectivity index (χ0v) is 17.5. The van der Waals surface area contributed by atoms with Crippen LogP contribution in [0.15, 0.2) is 36.5 Å². The molecule has 0 aliphatic heterocycles. The van der Waals surface area contributed by atoms with Crippen molar-refractivity contribution in [1.29, 1.82) is 0 Å². The lowest BCUT2D eigenvalue weighted by molar-refractivity contribution is 0.157. The van der Waals surface area contributed by atoms with Gasteiger partial charge in [0.15, 0.2) is 5.82 Å². The van der Waals surface area contributed by atoms with Gasteiger partial charge in [-0.1, -0.05) is 24.4 Å². The van der Waals surface area contributed by atoms with Crippen LogP contribution in [-0.2, 0) is 0 Å². The average molecular weight is 439 g/mol.